The van der Waals surface area contributed by atoms with Crippen molar-refractivity contribution < 1.29 is 28.1 Å². The molecule has 0 amide bonds. The number of benzene rings is 2. The summed E-state index contributed by atoms with van der Waals surface area (Å²) in [4.78, 5) is 23.3. The first-order valence-corrected chi connectivity index (χ1v) is 14.0. The van der Waals surface area contributed by atoms with Crippen LogP contribution in [0.4, 0.5) is 15.9 Å². The number of aromatic nitrogens is 2. The standard InChI is InChI=1S/C29H34ClFN4O5/c1-4-6-26(35-14-27(36)40-29(2,3)16-35)39-25-12-20-23(13-24(25)38-15-19-7-5-10-37-19)32-17-33-28(20)34-18-8-9-22(31)21(30)11-18/h8-9,11-13,17,19,26H,4-7,10,14-16H2,1-3H3,(H,32,33,34). The zero-order valence-electron chi connectivity index (χ0n) is 22.9. The molecular weight excluding hydrogens is 539 g/mol. The molecule has 2 aromatic carbocycles. The Labute approximate surface area is 237 Å². The lowest BCUT2D eigenvalue weighted by atomic mass is 10.1. The Bertz CT molecular complexity index is 1370. The molecule has 1 aromatic heterocycles. The largest absolute Gasteiger partial charge is 0.487 e. The number of cyclic esters (lactones) is 1. The quantitative estimate of drug-likeness (QED) is 0.299. The molecule has 3 heterocycles. The number of nitrogens with one attached hydrogen (secondary N) is 1. The first kappa shape index (κ1) is 28.3. The molecular formula is C29H34ClFN4O5. The van der Waals surface area contributed by atoms with Gasteiger partial charge in [0.1, 0.15) is 30.2 Å². The average molecular weight is 573 g/mol. The Balaban J connectivity index is 1.50. The monoisotopic (exact) mass is 572 g/mol. The third kappa shape index (κ3) is 6.74. The van der Waals surface area contributed by atoms with Crippen LogP contribution in [-0.4, -0.2) is 65.1 Å². The minimum absolute atomic E-state index is 0.00240. The van der Waals surface area contributed by atoms with Crippen molar-refractivity contribution in [1.82, 2.24) is 14.9 Å². The summed E-state index contributed by atoms with van der Waals surface area (Å²) in [5.41, 5.74) is 0.579. The number of ether oxygens (including phenoxy) is 4. The normalized spacial score (nSPS) is 19.8. The smallest absolute Gasteiger partial charge is 0.320 e. The Hall–Kier alpha value is -3.21. The van der Waals surface area contributed by atoms with Gasteiger partial charge in [-0.1, -0.05) is 24.9 Å². The number of anilines is 2. The Kier molecular flexibility index (Phi) is 8.58. The van der Waals surface area contributed by atoms with E-state index in [1.165, 1.54) is 18.5 Å². The van der Waals surface area contributed by atoms with Gasteiger partial charge in [0.2, 0.25) is 0 Å². The second-order valence-corrected chi connectivity index (χ2v) is 11.1. The van der Waals surface area contributed by atoms with Crippen molar-refractivity contribution in [3.63, 3.8) is 0 Å². The molecule has 2 aliphatic rings. The maximum absolute atomic E-state index is 13.7. The lowest BCUT2D eigenvalue weighted by molar-refractivity contribution is -0.177. The first-order chi connectivity index (χ1) is 19.2. The van der Waals surface area contributed by atoms with Crippen LogP contribution >= 0.6 is 11.6 Å². The van der Waals surface area contributed by atoms with Gasteiger partial charge >= 0.3 is 5.97 Å². The fraction of sp³-hybridized carbons (Fsp3) is 0.483. The van der Waals surface area contributed by atoms with Gasteiger partial charge in [0.25, 0.3) is 0 Å². The molecule has 2 unspecified atom stereocenters. The zero-order valence-corrected chi connectivity index (χ0v) is 23.7. The van der Waals surface area contributed by atoms with E-state index in [4.69, 9.17) is 30.5 Å². The molecule has 40 heavy (non-hydrogen) atoms. The second kappa shape index (κ2) is 12.1. The van der Waals surface area contributed by atoms with Crippen molar-refractivity contribution in [3.8, 4) is 11.5 Å². The molecule has 0 aliphatic carbocycles. The number of hydrogen-bond acceptors (Lipinski definition) is 9. The number of nitrogens with zero attached hydrogens (tertiary/aromatic N) is 3. The molecule has 1 N–H and O–H groups in total. The predicted molar refractivity (Wildman–Crippen MR) is 150 cm³/mol. The van der Waals surface area contributed by atoms with Crippen LogP contribution in [0.25, 0.3) is 10.9 Å². The van der Waals surface area contributed by atoms with Gasteiger partial charge in [0.05, 0.1) is 23.2 Å². The highest BCUT2D eigenvalue weighted by atomic mass is 35.5. The van der Waals surface area contributed by atoms with Gasteiger partial charge in [0.15, 0.2) is 17.7 Å². The summed E-state index contributed by atoms with van der Waals surface area (Å²) in [6, 6.07) is 8.03. The van der Waals surface area contributed by atoms with Crippen molar-refractivity contribution in [2.75, 3.05) is 31.6 Å². The van der Waals surface area contributed by atoms with E-state index in [-0.39, 0.29) is 23.6 Å². The minimum Gasteiger partial charge on any atom is -0.487 e. The molecule has 0 saturated carbocycles. The highest BCUT2D eigenvalue weighted by Crippen LogP contribution is 2.37. The summed E-state index contributed by atoms with van der Waals surface area (Å²) >= 11 is 5.99. The van der Waals surface area contributed by atoms with Crippen molar-refractivity contribution in [2.24, 2.45) is 0 Å². The molecule has 214 valence electrons. The van der Waals surface area contributed by atoms with Gasteiger partial charge in [-0.25, -0.2) is 14.4 Å². The summed E-state index contributed by atoms with van der Waals surface area (Å²) in [6.07, 6.45) is 4.54. The number of carbonyl (C=O) groups is 1. The number of fused-ring (bicyclic) bond motifs is 1. The number of carbonyl (C=O) groups excluding carboxylic acids is 1. The van der Waals surface area contributed by atoms with Gasteiger partial charge < -0.3 is 24.3 Å². The first-order valence-electron chi connectivity index (χ1n) is 13.6. The summed E-state index contributed by atoms with van der Waals surface area (Å²) < 4.78 is 37.9. The molecule has 9 nitrogen and oxygen atoms in total. The molecule has 11 heteroatoms. The van der Waals surface area contributed by atoms with Crippen LogP contribution in [0.3, 0.4) is 0 Å². The van der Waals surface area contributed by atoms with E-state index in [9.17, 15) is 9.18 Å². The van der Waals surface area contributed by atoms with E-state index >= 15 is 0 Å². The molecule has 0 bridgehead atoms. The fourth-order valence-corrected chi connectivity index (χ4v) is 5.21. The van der Waals surface area contributed by atoms with Crippen LogP contribution in [0, 0.1) is 5.82 Å². The molecule has 2 atom stereocenters. The van der Waals surface area contributed by atoms with Crippen LogP contribution in [0.1, 0.15) is 46.5 Å². The van der Waals surface area contributed by atoms with Crippen LogP contribution in [0.5, 0.6) is 11.5 Å². The molecule has 2 fully saturated rings. The molecule has 3 aromatic rings. The predicted octanol–water partition coefficient (Wildman–Crippen LogP) is 5.87. The number of halogens is 2. The van der Waals surface area contributed by atoms with Crippen molar-refractivity contribution in [3.05, 3.63) is 47.5 Å². The maximum Gasteiger partial charge on any atom is 0.320 e. The zero-order chi connectivity index (χ0) is 28.3. The van der Waals surface area contributed by atoms with Gasteiger partial charge in [0, 0.05) is 30.3 Å². The van der Waals surface area contributed by atoms with E-state index in [1.54, 1.807) is 6.07 Å². The summed E-state index contributed by atoms with van der Waals surface area (Å²) in [5.74, 6) is 0.730. The summed E-state index contributed by atoms with van der Waals surface area (Å²) in [7, 11) is 0. The molecule has 2 saturated heterocycles. The second-order valence-electron chi connectivity index (χ2n) is 10.7. The van der Waals surface area contributed by atoms with Crippen LogP contribution < -0.4 is 14.8 Å². The van der Waals surface area contributed by atoms with E-state index < -0.39 is 17.6 Å². The van der Waals surface area contributed by atoms with Crippen molar-refractivity contribution >= 4 is 40.0 Å². The lowest BCUT2D eigenvalue weighted by Gasteiger charge is -2.41. The Morgan fingerprint density at radius 3 is 2.83 bits per heavy atom. The SMILES string of the molecule is CCCC(Oc1cc2c(Nc3ccc(F)c(Cl)c3)ncnc2cc1OCC1CCCO1)N1CC(=O)OC(C)(C)C1. The van der Waals surface area contributed by atoms with Gasteiger partial charge in [-0.3, -0.25) is 9.69 Å². The van der Waals surface area contributed by atoms with Gasteiger partial charge in [-0.15, -0.1) is 0 Å². The number of morpholine rings is 1. The van der Waals surface area contributed by atoms with Gasteiger partial charge in [-0.2, -0.15) is 0 Å². The molecule has 0 spiro atoms. The topological polar surface area (TPSA) is 95.0 Å². The highest BCUT2D eigenvalue weighted by Gasteiger charge is 2.37. The van der Waals surface area contributed by atoms with Crippen LogP contribution in [0.15, 0.2) is 36.7 Å². The van der Waals surface area contributed by atoms with E-state index in [1.807, 2.05) is 30.9 Å². The van der Waals surface area contributed by atoms with Crippen LogP contribution in [-0.2, 0) is 14.3 Å². The van der Waals surface area contributed by atoms with E-state index in [2.05, 4.69) is 22.2 Å². The third-order valence-electron chi connectivity index (χ3n) is 6.84. The Morgan fingerprint density at radius 1 is 1.25 bits per heavy atom. The maximum atomic E-state index is 13.7. The molecule has 0 radical (unpaired) electrons. The number of esters is 1. The van der Waals surface area contributed by atoms with Crippen molar-refractivity contribution in [2.45, 2.75) is 64.4 Å². The minimum atomic E-state index is -0.630. The molecule has 2 aliphatic heterocycles. The van der Waals surface area contributed by atoms with Gasteiger partial charge in [-0.05, 0) is 57.4 Å². The van der Waals surface area contributed by atoms with E-state index in [0.29, 0.717) is 53.5 Å². The Morgan fingerprint density at radius 2 is 2.10 bits per heavy atom. The highest BCUT2D eigenvalue weighted by molar-refractivity contribution is 6.31. The molecule has 5 rings (SSSR count). The van der Waals surface area contributed by atoms with E-state index in [0.717, 1.165) is 25.9 Å². The number of rotatable bonds is 10. The fourth-order valence-electron chi connectivity index (χ4n) is 5.03. The summed E-state index contributed by atoms with van der Waals surface area (Å²) in [6.45, 7) is 7.63. The average Bonchev–Trinajstić information content (AvgIpc) is 3.42. The lowest BCUT2D eigenvalue weighted by Crippen LogP contribution is -2.55. The third-order valence-corrected chi connectivity index (χ3v) is 7.13. The van der Waals surface area contributed by atoms with Crippen LogP contribution in [0.2, 0.25) is 5.02 Å². The summed E-state index contributed by atoms with van der Waals surface area (Å²) in [5, 5.41) is 3.89. The number of hydrogen-bond donors (Lipinski definition) is 1. The van der Waals surface area contributed by atoms with Crippen molar-refractivity contribution in [1.29, 1.82) is 0 Å².